The van der Waals surface area contributed by atoms with Crippen LogP contribution in [0.25, 0.3) is 0 Å². The Morgan fingerprint density at radius 2 is 2.18 bits per heavy atom. The van der Waals surface area contributed by atoms with Crippen molar-refractivity contribution in [2.75, 3.05) is 0 Å². The molecule has 0 saturated carbocycles. The molecule has 0 bridgehead atoms. The van der Waals surface area contributed by atoms with Crippen molar-refractivity contribution in [2.24, 2.45) is 0 Å². The van der Waals surface area contributed by atoms with Crippen LogP contribution < -0.4 is 0 Å². The summed E-state index contributed by atoms with van der Waals surface area (Å²) in [5, 5.41) is 5.33. The lowest BCUT2D eigenvalue weighted by molar-refractivity contribution is 0.478. The van der Waals surface area contributed by atoms with Gasteiger partial charge in [0.1, 0.15) is 0 Å². The van der Waals surface area contributed by atoms with Gasteiger partial charge in [-0.2, -0.15) is 13.5 Å². The molecule has 1 aromatic rings. The number of nitrogens with one attached hydrogen (secondary N) is 1. The molecule has 0 spiro atoms. The quantitative estimate of drug-likeness (QED) is 0.640. The summed E-state index contributed by atoms with van der Waals surface area (Å²) in [5.41, 5.74) is 0.405. The molecule has 0 aliphatic heterocycles. The van der Waals surface area contributed by atoms with Crippen molar-refractivity contribution in [3.63, 3.8) is 0 Å². The molecule has 0 unspecified atom stereocenters. The molecule has 5 nitrogen and oxygen atoms in total. The van der Waals surface area contributed by atoms with Crippen LogP contribution in [0, 0.1) is 6.92 Å². The van der Waals surface area contributed by atoms with Gasteiger partial charge in [0.2, 0.25) is 5.03 Å². The first-order chi connectivity index (χ1) is 4.52. The van der Waals surface area contributed by atoms with Gasteiger partial charge in [0.25, 0.3) is 0 Å². The Morgan fingerprint density at radius 3 is 2.36 bits per heavy atom. The maximum Gasteiger partial charge on any atom is 0.314 e. The van der Waals surface area contributed by atoms with E-state index in [1.54, 1.807) is 0 Å². The number of aromatic amines is 1. The third-order valence-corrected chi connectivity index (χ3v) is 1.93. The van der Waals surface area contributed by atoms with Gasteiger partial charge in [-0.1, -0.05) is 0 Å². The number of hydrogen-bond donors (Lipinski definition) is 2. The smallest absolute Gasteiger partial charge is 0.284 e. The standard InChI is InChI=1S/C4H6N2O3S.ClH/c1-3-2-5-6-4(3)10(7,8)9;/h2H,1H3,(H,5,6)(H,7,8,9);1H. The van der Waals surface area contributed by atoms with Crippen molar-refractivity contribution in [1.82, 2.24) is 10.2 Å². The molecular formula is C4H7ClN2O3S. The van der Waals surface area contributed by atoms with Crippen LogP contribution in [0.2, 0.25) is 0 Å². The van der Waals surface area contributed by atoms with Crippen LogP contribution in [0.15, 0.2) is 11.2 Å². The van der Waals surface area contributed by atoms with Gasteiger partial charge in [-0.25, -0.2) is 0 Å². The minimum atomic E-state index is -4.13. The maximum absolute atomic E-state index is 10.4. The van der Waals surface area contributed by atoms with E-state index in [0.29, 0.717) is 5.56 Å². The van der Waals surface area contributed by atoms with Gasteiger partial charge in [-0.3, -0.25) is 9.65 Å². The van der Waals surface area contributed by atoms with Crippen molar-refractivity contribution >= 4 is 22.5 Å². The number of H-pyrrole nitrogens is 1. The van der Waals surface area contributed by atoms with Crippen molar-refractivity contribution in [3.8, 4) is 0 Å². The SMILES string of the molecule is Cc1c[nH]nc1S(=O)(=O)O.Cl. The summed E-state index contributed by atoms with van der Waals surface area (Å²) in [6, 6.07) is 0. The Balaban J connectivity index is 0.000001000. The van der Waals surface area contributed by atoms with E-state index in [2.05, 4.69) is 10.2 Å². The second-order valence-corrected chi connectivity index (χ2v) is 3.19. The molecule has 11 heavy (non-hydrogen) atoms. The molecule has 1 heterocycles. The predicted octanol–water partition coefficient (Wildman–Crippen LogP) is 0.387. The number of nitrogens with zero attached hydrogens (tertiary/aromatic N) is 1. The summed E-state index contributed by atoms with van der Waals surface area (Å²) in [6.07, 6.45) is 1.39. The molecule has 7 heteroatoms. The fourth-order valence-corrected chi connectivity index (χ4v) is 1.23. The first-order valence-electron chi connectivity index (χ1n) is 2.49. The van der Waals surface area contributed by atoms with E-state index < -0.39 is 10.1 Å². The Hall–Kier alpha value is -0.590. The monoisotopic (exact) mass is 198 g/mol. The molecule has 0 fully saturated rings. The molecule has 0 amide bonds. The Morgan fingerprint density at radius 1 is 1.64 bits per heavy atom. The summed E-state index contributed by atoms with van der Waals surface area (Å²) in [5.74, 6) is 0. The Kier molecular flexibility index (Phi) is 3.03. The molecule has 0 aliphatic rings. The highest BCUT2D eigenvalue weighted by atomic mass is 35.5. The zero-order valence-corrected chi connectivity index (χ0v) is 7.24. The van der Waals surface area contributed by atoms with E-state index in [0.717, 1.165) is 0 Å². The van der Waals surface area contributed by atoms with E-state index >= 15 is 0 Å². The van der Waals surface area contributed by atoms with Crippen molar-refractivity contribution in [2.45, 2.75) is 11.9 Å². The van der Waals surface area contributed by atoms with Gasteiger partial charge in [0, 0.05) is 11.8 Å². The first-order valence-corrected chi connectivity index (χ1v) is 3.93. The van der Waals surface area contributed by atoms with E-state index in [-0.39, 0.29) is 17.4 Å². The van der Waals surface area contributed by atoms with Crippen LogP contribution in [0.4, 0.5) is 0 Å². The summed E-state index contributed by atoms with van der Waals surface area (Å²) >= 11 is 0. The Labute approximate surface area is 70.0 Å². The van der Waals surface area contributed by atoms with Crippen LogP contribution in [0.1, 0.15) is 5.56 Å². The molecular weight excluding hydrogens is 192 g/mol. The highest BCUT2D eigenvalue weighted by Crippen LogP contribution is 2.08. The van der Waals surface area contributed by atoms with E-state index in [4.69, 9.17) is 4.55 Å². The minimum absolute atomic E-state index is 0. The van der Waals surface area contributed by atoms with Gasteiger partial charge >= 0.3 is 10.1 Å². The van der Waals surface area contributed by atoms with Gasteiger partial charge in [-0.05, 0) is 6.92 Å². The lowest BCUT2D eigenvalue weighted by Gasteiger charge is -1.88. The zero-order valence-electron chi connectivity index (χ0n) is 5.60. The van der Waals surface area contributed by atoms with Crippen LogP contribution in [-0.2, 0) is 10.1 Å². The van der Waals surface area contributed by atoms with Crippen molar-refractivity contribution in [1.29, 1.82) is 0 Å². The molecule has 0 radical (unpaired) electrons. The third kappa shape index (κ3) is 2.18. The molecule has 0 saturated heterocycles. The molecule has 0 aliphatic carbocycles. The van der Waals surface area contributed by atoms with Crippen molar-refractivity contribution in [3.05, 3.63) is 11.8 Å². The zero-order chi connectivity index (χ0) is 7.78. The highest BCUT2D eigenvalue weighted by Gasteiger charge is 2.14. The maximum atomic E-state index is 10.4. The molecule has 0 aromatic carbocycles. The molecule has 1 rings (SSSR count). The van der Waals surface area contributed by atoms with Gasteiger partial charge in [0.05, 0.1) is 0 Å². The van der Waals surface area contributed by atoms with Crippen LogP contribution >= 0.6 is 12.4 Å². The fraction of sp³-hybridized carbons (Fsp3) is 0.250. The largest absolute Gasteiger partial charge is 0.314 e. The molecule has 1 aromatic heterocycles. The number of rotatable bonds is 1. The van der Waals surface area contributed by atoms with Crippen LogP contribution in [0.3, 0.4) is 0 Å². The second kappa shape index (κ2) is 3.21. The number of aromatic nitrogens is 2. The van der Waals surface area contributed by atoms with Gasteiger partial charge < -0.3 is 0 Å². The highest BCUT2D eigenvalue weighted by molar-refractivity contribution is 7.85. The van der Waals surface area contributed by atoms with Crippen molar-refractivity contribution < 1.29 is 13.0 Å². The number of aryl methyl sites for hydroxylation is 1. The summed E-state index contributed by atoms with van der Waals surface area (Å²) < 4.78 is 29.2. The average molecular weight is 199 g/mol. The van der Waals surface area contributed by atoms with E-state index in [1.165, 1.54) is 13.1 Å². The lowest BCUT2D eigenvalue weighted by atomic mass is 10.4. The fourth-order valence-electron chi connectivity index (χ4n) is 0.599. The molecule has 2 N–H and O–H groups in total. The second-order valence-electron chi connectivity index (χ2n) is 1.85. The predicted molar refractivity (Wildman–Crippen MR) is 40.4 cm³/mol. The lowest BCUT2D eigenvalue weighted by Crippen LogP contribution is -1.99. The summed E-state index contributed by atoms with van der Waals surface area (Å²) in [6.45, 7) is 1.53. The normalized spacial score (nSPS) is 10.7. The average Bonchev–Trinajstić information content (AvgIpc) is 2.11. The minimum Gasteiger partial charge on any atom is -0.284 e. The summed E-state index contributed by atoms with van der Waals surface area (Å²) in [7, 11) is -4.13. The number of halogens is 1. The van der Waals surface area contributed by atoms with Crippen LogP contribution in [0.5, 0.6) is 0 Å². The van der Waals surface area contributed by atoms with Gasteiger partial charge in [-0.15, -0.1) is 12.4 Å². The van der Waals surface area contributed by atoms with E-state index in [1.807, 2.05) is 0 Å². The number of hydrogen-bond acceptors (Lipinski definition) is 3. The third-order valence-electron chi connectivity index (χ3n) is 1.03. The van der Waals surface area contributed by atoms with E-state index in [9.17, 15) is 8.42 Å². The molecule has 0 atom stereocenters. The summed E-state index contributed by atoms with van der Waals surface area (Å²) in [4.78, 5) is 0. The van der Waals surface area contributed by atoms with Gasteiger partial charge in [0.15, 0.2) is 0 Å². The first kappa shape index (κ1) is 10.4. The molecule has 64 valence electrons. The van der Waals surface area contributed by atoms with Crippen LogP contribution in [-0.4, -0.2) is 23.2 Å². The topological polar surface area (TPSA) is 83.0 Å². The Bertz CT molecular complexity index is 331.